The van der Waals surface area contributed by atoms with Crippen molar-refractivity contribution in [1.29, 1.82) is 0 Å². The predicted octanol–water partition coefficient (Wildman–Crippen LogP) is 5.52. The maximum Gasteiger partial charge on any atom is 0.342 e. The number of H-pyrrole nitrogens is 1. The van der Waals surface area contributed by atoms with E-state index in [4.69, 9.17) is 13.9 Å². The van der Waals surface area contributed by atoms with Gasteiger partial charge in [0.15, 0.2) is 0 Å². The lowest BCUT2D eigenvalue weighted by Crippen LogP contribution is -2.35. The third-order valence-electron chi connectivity index (χ3n) is 6.43. The van der Waals surface area contributed by atoms with E-state index in [1.165, 1.54) is 11.6 Å². The Hall–Kier alpha value is -3.58. The molecule has 4 aromatic rings. The molecule has 3 heterocycles. The Morgan fingerprint density at radius 3 is 2.82 bits per heavy atom. The second kappa shape index (κ2) is 10.1. The largest absolute Gasteiger partial charge is 0.491 e. The lowest BCUT2D eigenvalue weighted by molar-refractivity contribution is 0.0466. The summed E-state index contributed by atoms with van der Waals surface area (Å²) >= 11 is 0. The van der Waals surface area contributed by atoms with Crippen LogP contribution in [-0.4, -0.2) is 42.1 Å². The number of nitrogens with zero attached hydrogens (tertiary/aromatic N) is 1. The molecule has 0 amide bonds. The number of benzene rings is 2. The minimum atomic E-state index is -0.420. The number of carbonyl (C=O) groups is 1. The third-order valence-corrected chi connectivity index (χ3v) is 6.43. The number of aromatic amines is 1. The molecule has 1 N–H and O–H groups in total. The maximum absolute atomic E-state index is 13.5. The average molecular weight is 463 g/mol. The molecular formula is C27H27FN2O4. The lowest BCUT2D eigenvalue weighted by Gasteiger charge is -2.31. The minimum Gasteiger partial charge on any atom is -0.491 e. The monoisotopic (exact) mass is 462 g/mol. The zero-order valence-corrected chi connectivity index (χ0v) is 18.8. The third kappa shape index (κ3) is 4.99. The Labute approximate surface area is 197 Å². The number of piperidine rings is 1. The van der Waals surface area contributed by atoms with E-state index in [-0.39, 0.29) is 12.4 Å². The van der Waals surface area contributed by atoms with Gasteiger partial charge in [0.05, 0.1) is 12.5 Å². The number of carbonyl (C=O) groups excluding carboxylic acids is 1. The number of fused-ring (bicyclic) bond motifs is 1. The zero-order chi connectivity index (χ0) is 23.3. The molecule has 0 spiro atoms. The van der Waals surface area contributed by atoms with E-state index in [2.05, 4.69) is 9.88 Å². The predicted molar refractivity (Wildman–Crippen MR) is 126 cm³/mol. The van der Waals surface area contributed by atoms with Crippen molar-refractivity contribution in [3.05, 3.63) is 89.8 Å². The number of para-hydroxylation sites is 1. The van der Waals surface area contributed by atoms with E-state index < -0.39 is 5.97 Å². The summed E-state index contributed by atoms with van der Waals surface area (Å²) in [4.78, 5) is 18.1. The van der Waals surface area contributed by atoms with Crippen LogP contribution in [0.3, 0.4) is 0 Å². The van der Waals surface area contributed by atoms with Crippen LogP contribution in [0.5, 0.6) is 5.75 Å². The number of hydrogen-bond donors (Lipinski definition) is 1. The van der Waals surface area contributed by atoms with E-state index in [0.29, 0.717) is 23.8 Å². The fraction of sp³-hybridized carbons (Fsp3) is 0.296. The van der Waals surface area contributed by atoms with Gasteiger partial charge in [-0.05, 0) is 73.8 Å². The Bertz CT molecular complexity index is 1240. The van der Waals surface area contributed by atoms with Crippen LogP contribution in [0.25, 0.3) is 10.9 Å². The van der Waals surface area contributed by atoms with Crippen LogP contribution in [0.1, 0.15) is 40.2 Å². The highest BCUT2D eigenvalue weighted by Gasteiger charge is 2.23. The van der Waals surface area contributed by atoms with Gasteiger partial charge in [-0.25, -0.2) is 9.18 Å². The molecule has 34 heavy (non-hydrogen) atoms. The first-order chi connectivity index (χ1) is 16.7. The van der Waals surface area contributed by atoms with Gasteiger partial charge in [0.2, 0.25) is 0 Å². The summed E-state index contributed by atoms with van der Waals surface area (Å²) in [5.41, 5.74) is 3.34. The van der Waals surface area contributed by atoms with Crippen LogP contribution in [0.2, 0.25) is 0 Å². The molecule has 0 aliphatic carbocycles. The van der Waals surface area contributed by atoms with Crippen LogP contribution in [-0.2, 0) is 11.3 Å². The van der Waals surface area contributed by atoms with Gasteiger partial charge in [-0.3, -0.25) is 4.90 Å². The Morgan fingerprint density at radius 1 is 1.15 bits per heavy atom. The Balaban J connectivity index is 1.11. The number of halogens is 1. The summed E-state index contributed by atoms with van der Waals surface area (Å²) < 4.78 is 29.8. The highest BCUT2D eigenvalue weighted by molar-refractivity contribution is 5.92. The summed E-state index contributed by atoms with van der Waals surface area (Å²) in [6.45, 7) is 3.36. The molecule has 1 fully saturated rings. The molecule has 6 nitrogen and oxygen atoms in total. The maximum atomic E-state index is 13.5. The summed E-state index contributed by atoms with van der Waals surface area (Å²) in [7, 11) is 0. The summed E-state index contributed by atoms with van der Waals surface area (Å²) in [5, 5.41) is 1.11. The van der Waals surface area contributed by atoms with Gasteiger partial charge in [-0.15, -0.1) is 0 Å². The highest BCUT2D eigenvalue weighted by atomic mass is 19.1. The van der Waals surface area contributed by atoms with Crippen molar-refractivity contribution in [3.8, 4) is 5.75 Å². The fourth-order valence-corrected chi connectivity index (χ4v) is 4.57. The van der Waals surface area contributed by atoms with Gasteiger partial charge in [0.25, 0.3) is 0 Å². The molecule has 5 rings (SSSR count). The normalized spacial score (nSPS) is 15.0. The van der Waals surface area contributed by atoms with Crippen molar-refractivity contribution in [2.75, 3.05) is 26.2 Å². The number of rotatable bonds is 8. The fourth-order valence-electron chi connectivity index (χ4n) is 4.57. The van der Waals surface area contributed by atoms with E-state index in [1.54, 1.807) is 42.9 Å². The number of likely N-dealkylation sites (tertiary alicyclic amines) is 1. The molecule has 2 aromatic carbocycles. The van der Waals surface area contributed by atoms with Crippen LogP contribution in [0.4, 0.5) is 4.39 Å². The Kier molecular flexibility index (Phi) is 6.62. The molecule has 0 unspecified atom stereocenters. The first-order valence-corrected chi connectivity index (χ1v) is 11.6. The summed E-state index contributed by atoms with van der Waals surface area (Å²) in [5.74, 6) is 0.349. The minimum absolute atomic E-state index is 0.157. The van der Waals surface area contributed by atoms with Gasteiger partial charge < -0.3 is 18.9 Å². The number of hydrogen-bond acceptors (Lipinski definition) is 5. The van der Waals surface area contributed by atoms with Crippen LogP contribution < -0.4 is 4.74 Å². The molecule has 176 valence electrons. The van der Waals surface area contributed by atoms with Crippen molar-refractivity contribution >= 4 is 16.9 Å². The summed E-state index contributed by atoms with van der Waals surface area (Å²) in [6.07, 6.45) is 7.21. The van der Waals surface area contributed by atoms with Gasteiger partial charge >= 0.3 is 5.97 Å². The molecule has 0 saturated carbocycles. The van der Waals surface area contributed by atoms with Crippen molar-refractivity contribution in [2.45, 2.75) is 25.4 Å². The molecule has 1 aliphatic heterocycles. The first-order valence-electron chi connectivity index (χ1n) is 11.6. The average Bonchev–Trinajstić information content (AvgIpc) is 3.53. The number of furan rings is 1. The zero-order valence-electron chi connectivity index (χ0n) is 18.8. The second-order valence-electron chi connectivity index (χ2n) is 8.60. The number of esters is 1. The molecule has 0 bridgehead atoms. The van der Waals surface area contributed by atoms with Gasteiger partial charge in [0, 0.05) is 29.2 Å². The van der Waals surface area contributed by atoms with Crippen LogP contribution >= 0.6 is 0 Å². The van der Waals surface area contributed by atoms with Crippen LogP contribution in [0, 0.1) is 5.82 Å². The smallest absolute Gasteiger partial charge is 0.342 e. The van der Waals surface area contributed by atoms with Crippen molar-refractivity contribution in [3.63, 3.8) is 0 Å². The first kappa shape index (κ1) is 22.2. The second-order valence-corrected chi connectivity index (χ2v) is 8.60. The van der Waals surface area contributed by atoms with E-state index in [0.717, 1.165) is 48.9 Å². The molecule has 0 radical (unpaired) electrons. The Morgan fingerprint density at radius 2 is 2.00 bits per heavy atom. The quantitative estimate of drug-likeness (QED) is 0.350. The van der Waals surface area contributed by atoms with E-state index >= 15 is 0 Å². The molecular weight excluding hydrogens is 435 g/mol. The number of nitrogens with one attached hydrogen (secondary N) is 1. The highest BCUT2D eigenvalue weighted by Crippen LogP contribution is 2.33. The van der Waals surface area contributed by atoms with Crippen LogP contribution in [0.15, 0.2) is 71.7 Å². The molecule has 2 aromatic heterocycles. The molecule has 0 atom stereocenters. The standard InChI is InChI=1S/C27H27FN2O4/c28-21-5-6-22-24(16-29-25(22)15-21)20-7-10-30(11-8-20)12-14-33-26-4-2-1-3-23(26)27(31)34-18-19-9-13-32-17-19/h1-6,9,13,15-17,20,29H,7-8,10-12,14,18H2. The molecule has 1 aliphatic rings. The summed E-state index contributed by atoms with van der Waals surface area (Å²) in [6, 6.07) is 13.9. The molecule has 1 saturated heterocycles. The van der Waals surface area contributed by atoms with Crippen molar-refractivity contribution < 1.29 is 23.1 Å². The van der Waals surface area contributed by atoms with Crippen molar-refractivity contribution in [1.82, 2.24) is 9.88 Å². The van der Waals surface area contributed by atoms with Crippen molar-refractivity contribution in [2.24, 2.45) is 0 Å². The number of aromatic nitrogens is 1. The van der Waals surface area contributed by atoms with Gasteiger partial charge in [0.1, 0.15) is 30.3 Å². The SMILES string of the molecule is O=C(OCc1ccoc1)c1ccccc1OCCN1CCC(c2c[nH]c3cc(F)ccc23)CC1. The lowest BCUT2D eigenvalue weighted by atomic mass is 9.89. The van der Waals surface area contributed by atoms with E-state index in [1.807, 2.05) is 18.3 Å². The molecule has 7 heteroatoms. The van der Waals surface area contributed by atoms with Gasteiger partial charge in [-0.1, -0.05) is 12.1 Å². The number of ether oxygens (including phenoxy) is 2. The van der Waals surface area contributed by atoms with Gasteiger partial charge in [-0.2, -0.15) is 0 Å². The van der Waals surface area contributed by atoms with E-state index in [9.17, 15) is 9.18 Å². The topological polar surface area (TPSA) is 67.7 Å².